The second kappa shape index (κ2) is 9.78. The summed E-state index contributed by atoms with van der Waals surface area (Å²) < 4.78 is 47.1. The normalized spacial score (nSPS) is 12.5. The zero-order valence-electron chi connectivity index (χ0n) is 19.1. The highest BCUT2D eigenvalue weighted by Crippen LogP contribution is 2.29. The van der Waals surface area contributed by atoms with E-state index in [4.69, 9.17) is 4.74 Å². The van der Waals surface area contributed by atoms with Crippen molar-refractivity contribution >= 4 is 15.9 Å². The minimum atomic E-state index is -3.77. The summed E-state index contributed by atoms with van der Waals surface area (Å²) in [5.41, 5.74) is 4.99. The number of benzene rings is 2. The van der Waals surface area contributed by atoms with E-state index in [9.17, 15) is 17.6 Å². The fraction of sp³-hybridized carbons (Fsp3) is 0.435. The van der Waals surface area contributed by atoms with Crippen LogP contribution in [0.3, 0.4) is 0 Å². The number of hydrogen-bond donors (Lipinski definition) is 2. The number of methoxy groups -OCH3 is 1. The molecule has 0 aliphatic carbocycles. The topological polar surface area (TPSA) is 84.5 Å². The Morgan fingerprint density at radius 3 is 2.10 bits per heavy atom. The second-order valence-electron chi connectivity index (χ2n) is 7.79. The van der Waals surface area contributed by atoms with Gasteiger partial charge in [0.05, 0.1) is 18.0 Å². The largest absolute Gasteiger partial charge is 0.494 e. The van der Waals surface area contributed by atoms with Crippen LogP contribution in [0.5, 0.6) is 5.75 Å². The number of carbonyl (C=O) groups excluding carboxylic acids is 1. The van der Waals surface area contributed by atoms with Gasteiger partial charge in [-0.2, -0.15) is 0 Å². The lowest BCUT2D eigenvalue weighted by molar-refractivity contribution is -0.121. The molecule has 1 amide bonds. The van der Waals surface area contributed by atoms with E-state index in [0.717, 1.165) is 16.7 Å². The molecule has 0 radical (unpaired) electrons. The lowest BCUT2D eigenvalue weighted by Crippen LogP contribution is -2.32. The molecule has 8 heteroatoms. The van der Waals surface area contributed by atoms with E-state index in [1.165, 1.54) is 19.2 Å². The summed E-state index contributed by atoms with van der Waals surface area (Å²) in [4.78, 5) is 12.6. The molecule has 1 atom stereocenters. The van der Waals surface area contributed by atoms with E-state index in [2.05, 4.69) is 10.0 Å². The lowest BCUT2D eigenvalue weighted by Gasteiger charge is -2.19. The SMILES string of the molecule is COc1ccc([C@H](C)NC(=O)CCNS(=O)(=O)c2c(C)c(C)c(C)c(C)c2C)cc1F. The molecule has 2 rings (SSSR count). The van der Waals surface area contributed by atoms with Crippen LogP contribution in [-0.2, 0) is 14.8 Å². The van der Waals surface area contributed by atoms with Crippen LogP contribution in [0.15, 0.2) is 23.1 Å². The summed E-state index contributed by atoms with van der Waals surface area (Å²) in [6, 6.07) is 4.04. The molecule has 0 bridgehead atoms. The van der Waals surface area contributed by atoms with Gasteiger partial charge in [-0.1, -0.05) is 6.07 Å². The average molecular weight is 451 g/mol. The standard InChI is InChI=1S/C23H31FN2O4S/c1-13-14(2)16(4)23(17(5)15(13)3)31(28,29)25-11-10-22(27)26-18(6)19-8-9-21(30-7)20(24)12-19/h8-9,12,18,25H,10-11H2,1-7H3,(H,26,27)/t18-/m0/s1. The number of halogens is 1. The van der Waals surface area contributed by atoms with Gasteiger partial charge in [-0.05, 0) is 87.1 Å². The van der Waals surface area contributed by atoms with Gasteiger partial charge in [0.1, 0.15) is 0 Å². The highest BCUT2D eigenvalue weighted by Gasteiger charge is 2.23. The third kappa shape index (κ3) is 5.43. The van der Waals surface area contributed by atoms with Gasteiger partial charge >= 0.3 is 0 Å². The molecule has 0 aliphatic rings. The van der Waals surface area contributed by atoms with Crippen LogP contribution < -0.4 is 14.8 Å². The van der Waals surface area contributed by atoms with Crippen molar-refractivity contribution < 1.29 is 22.3 Å². The van der Waals surface area contributed by atoms with Crippen molar-refractivity contribution in [2.75, 3.05) is 13.7 Å². The Morgan fingerprint density at radius 2 is 1.58 bits per heavy atom. The quantitative estimate of drug-likeness (QED) is 0.638. The first-order chi connectivity index (χ1) is 14.4. The van der Waals surface area contributed by atoms with Crippen molar-refractivity contribution in [2.45, 2.75) is 58.9 Å². The minimum absolute atomic E-state index is 0.0376. The molecule has 170 valence electrons. The van der Waals surface area contributed by atoms with Crippen molar-refractivity contribution in [3.8, 4) is 5.75 Å². The number of rotatable bonds is 8. The van der Waals surface area contributed by atoms with Crippen LogP contribution in [0.25, 0.3) is 0 Å². The molecule has 0 aliphatic heterocycles. The smallest absolute Gasteiger partial charge is 0.241 e. The monoisotopic (exact) mass is 450 g/mol. The van der Waals surface area contributed by atoms with Crippen LogP contribution in [0, 0.1) is 40.4 Å². The van der Waals surface area contributed by atoms with Gasteiger partial charge in [0.25, 0.3) is 0 Å². The van der Waals surface area contributed by atoms with Gasteiger partial charge < -0.3 is 10.1 Å². The highest BCUT2D eigenvalue weighted by molar-refractivity contribution is 7.89. The van der Waals surface area contributed by atoms with Crippen molar-refractivity contribution in [2.24, 2.45) is 0 Å². The molecular formula is C23H31FN2O4S. The maximum absolute atomic E-state index is 13.9. The minimum Gasteiger partial charge on any atom is -0.494 e. The van der Waals surface area contributed by atoms with Gasteiger partial charge in [0, 0.05) is 13.0 Å². The molecule has 31 heavy (non-hydrogen) atoms. The fourth-order valence-corrected chi connectivity index (χ4v) is 5.22. The Kier molecular flexibility index (Phi) is 7.83. The first-order valence-electron chi connectivity index (χ1n) is 10.1. The van der Waals surface area contributed by atoms with Crippen LogP contribution in [0.2, 0.25) is 0 Å². The number of sulfonamides is 1. The molecule has 6 nitrogen and oxygen atoms in total. The van der Waals surface area contributed by atoms with Crippen LogP contribution in [-0.4, -0.2) is 28.0 Å². The van der Waals surface area contributed by atoms with E-state index in [-0.39, 0.29) is 29.5 Å². The molecule has 2 aromatic carbocycles. The van der Waals surface area contributed by atoms with E-state index >= 15 is 0 Å². The molecular weight excluding hydrogens is 419 g/mol. The number of hydrogen-bond acceptors (Lipinski definition) is 4. The van der Waals surface area contributed by atoms with Crippen molar-refractivity contribution in [1.82, 2.24) is 10.0 Å². The predicted octanol–water partition coefficient (Wildman–Crippen LogP) is 3.92. The summed E-state index contributed by atoms with van der Waals surface area (Å²) in [5.74, 6) is -0.719. The zero-order chi connectivity index (χ0) is 23.5. The van der Waals surface area contributed by atoms with Gasteiger partial charge in [-0.3, -0.25) is 4.79 Å². The Balaban J connectivity index is 2.03. The molecule has 0 aromatic heterocycles. The number of ether oxygens (including phenoxy) is 1. The molecule has 0 unspecified atom stereocenters. The maximum Gasteiger partial charge on any atom is 0.241 e. The highest BCUT2D eigenvalue weighted by atomic mass is 32.2. The van der Waals surface area contributed by atoms with Gasteiger partial charge in [0.15, 0.2) is 11.6 Å². The Hall–Kier alpha value is -2.45. The lowest BCUT2D eigenvalue weighted by atomic mass is 9.95. The Labute approximate surface area is 184 Å². The van der Waals surface area contributed by atoms with Gasteiger partial charge in [-0.15, -0.1) is 0 Å². The second-order valence-corrected chi connectivity index (χ2v) is 9.49. The van der Waals surface area contributed by atoms with Crippen LogP contribution in [0.4, 0.5) is 4.39 Å². The Bertz CT molecular complexity index is 1070. The summed E-state index contributed by atoms with van der Waals surface area (Å²) in [6.07, 6.45) is -0.0376. The summed E-state index contributed by atoms with van der Waals surface area (Å²) in [6.45, 7) is 11.1. The van der Waals surface area contributed by atoms with Crippen LogP contribution in [0.1, 0.15) is 52.8 Å². The van der Waals surface area contributed by atoms with Gasteiger partial charge in [-0.25, -0.2) is 17.5 Å². The Morgan fingerprint density at radius 1 is 1.03 bits per heavy atom. The van der Waals surface area contributed by atoms with E-state index in [1.54, 1.807) is 26.8 Å². The number of amides is 1. The first kappa shape index (κ1) is 24.8. The van der Waals surface area contributed by atoms with E-state index in [0.29, 0.717) is 16.7 Å². The van der Waals surface area contributed by atoms with Crippen LogP contribution >= 0.6 is 0 Å². The molecule has 0 fully saturated rings. The van der Waals surface area contributed by atoms with E-state index in [1.807, 2.05) is 20.8 Å². The third-order valence-corrected chi connectivity index (χ3v) is 7.63. The van der Waals surface area contributed by atoms with Gasteiger partial charge in [0.2, 0.25) is 15.9 Å². The number of carbonyl (C=O) groups is 1. The molecule has 0 spiro atoms. The molecule has 0 heterocycles. The predicted molar refractivity (Wildman–Crippen MR) is 119 cm³/mol. The molecule has 2 N–H and O–H groups in total. The zero-order valence-corrected chi connectivity index (χ0v) is 20.0. The summed E-state index contributed by atoms with van der Waals surface area (Å²) >= 11 is 0. The van der Waals surface area contributed by atoms with Crippen molar-refractivity contribution in [1.29, 1.82) is 0 Å². The first-order valence-corrected chi connectivity index (χ1v) is 11.6. The number of nitrogens with one attached hydrogen (secondary N) is 2. The summed E-state index contributed by atoms with van der Waals surface area (Å²) in [7, 11) is -2.38. The summed E-state index contributed by atoms with van der Waals surface area (Å²) in [5, 5.41) is 2.75. The fourth-order valence-electron chi connectivity index (χ4n) is 3.59. The molecule has 0 saturated heterocycles. The maximum atomic E-state index is 13.9. The third-order valence-electron chi connectivity index (χ3n) is 5.90. The van der Waals surface area contributed by atoms with Crippen molar-refractivity contribution in [3.05, 3.63) is 57.4 Å². The molecule has 0 saturated carbocycles. The average Bonchev–Trinajstić information content (AvgIpc) is 2.70. The molecule has 2 aromatic rings. The van der Waals surface area contributed by atoms with Crippen molar-refractivity contribution in [3.63, 3.8) is 0 Å². The van der Waals surface area contributed by atoms with E-state index < -0.39 is 21.9 Å².